The highest BCUT2D eigenvalue weighted by Crippen LogP contribution is 2.11. The van der Waals surface area contributed by atoms with Gasteiger partial charge < -0.3 is 10.8 Å². The molecular formula is C20H37NO2. The van der Waals surface area contributed by atoms with Crippen LogP contribution in [-0.4, -0.2) is 17.1 Å². The van der Waals surface area contributed by atoms with E-state index in [9.17, 15) is 4.79 Å². The Hall–Kier alpha value is -1.35. The predicted molar refractivity (Wildman–Crippen MR) is 101 cm³/mol. The van der Waals surface area contributed by atoms with Crippen LogP contribution in [0.25, 0.3) is 0 Å². The molecule has 3 heteroatoms. The van der Waals surface area contributed by atoms with E-state index in [4.69, 9.17) is 10.8 Å². The third-order valence-corrected chi connectivity index (χ3v) is 3.31. The topological polar surface area (TPSA) is 63.3 Å². The molecule has 1 atom stereocenters. The fourth-order valence-corrected chi connectivity index (χ4v) is 1.64. The Morgan fingerprint density at radius 1 is 1.04 bits per heavy atom. The molecule has 0 aliphatic heterocycles. The van der Waals surface area contributed by atoms with Crippen LogP contribution < -0.4 is 5.73 Å². The first kappa shape index (κ1) is 23.9. The molecule has 1 unspecified atom stereocenters. The molecule has 134 valence electrons. The number of aliphatic carboxylic acids is 1. The minimum Gasteiger partial charge on any atom is -0.480 e. The number of carboxylic acids is 1. The first-order valence-corrected chi connectivity index (χ1v) is 8.96. The van der Waals surface area contributed by atoms with Crippen molar-refractivity contribution in [3.8, 4) is 0 Å². The molecule has 0 saturated heterocycles. The Morgan fingerprint density at radius 3 is 1.83 bits per heavy atom. The lowest BCUT2D eigenvalue weighted by molar-refractivity contribution is -0.138. The molecule has 0 aromatic heterocycles. The first-order valence-electron chi connectivity index (χ1n) is 8.96. The summed E-state index contributed by atoms with van der Waals surface area (Å²) in [6.07, 6.45) is 5.27. The highest BCUT2D eigenvalue weighted by Gasteiger charge is 2.11. The summed E-state index contributed by atoms with van der Waals surface area (Å²) >= 11 is 0. The summed E-state index contributed by atoms with van der Waals surface area (Å²) in [5.41, 5.74) is 7.76. The van der Waals surface area contributed by atoms with Gasteiger partial charge in [-0.3, -0.25) is 4.79 Å². The van der Waals surface area contributed by atoms with E-state index in [2.05, 4.69) is 39.8 Å². The van der Waals surface area contributed by atoms with Crippen molar-refractivity contribution in [1.29, 1.82) is 0 Å². The van der Waals surface area contributed by atoms with Gasteiger partial charge in [0, 0.05) is 0 Å². The molecule has 0 radical (unpaired) electrons. The van der Waals surface area contributed by atoms with Gasteiger partial charge in [0.2, 0.25) is 0 Å². The fraction of sp³-hybridized carbons (Fsp3) is 0.650. The average molecular weight is 324 g/mol. The third-order valence-electron chi connectivity index (χ3n) is 3.31. The van der Waals surface area contributed by atoms with Crippen molar-refractivity contribution in [2.24, 2.45) is 11.7 Å². The van der Waals surface area contributed by atoms with Crippen molar-refractivity contribution in [3.05, 3.63) is 35.4 Å². The average Bonchev–Trinajstić information content (AvgIpc) is 2.56. The highest BCUT2D eigenvalue weighted by atomic mass is 16.4. The van der Waals surface area contributed by atoms with E-state index >= 15 is 0 Å². The van der Waals surface area contributed by atoms with Gasteiger partial charge in [-0.05, 0) is 36.3 Å². The minimum atomic E-state index is -0.950. The maximum Gasteiger partial charge on any atom is 0.320 e. The van der Waals surface area contributed by atoms with Gasteiger partial charge >= 0.3 is 5.97 Å². The molecule has 0 aliphatic carbocycles. The van der Waals surface area contributed by atoms with Gasteiger partial charge in [0.15, 0.2) is 0 Å². The number of aryl methyl sites for hydroxylation is 1. The molecule has 1 rings (SSSR count). The van der Waals surface area contributed by atoms with E-state index in [-0.39, 0.29) is 0 Å². The molecule has 3 N–H and O–H groups in total. The summed E-state index contributed by atoms with van der Waals surface area (Å²) in [6.45, 7) is 12.8. The van der Waals surface area contributed by atoms with Crippen molar-refractivity contribution in [3.63, 3.8) is 0 Å². The Labute approximate surface area is 143 Å². The van der Waals surface area contributed by atoms with Gasteiger partial charge in [-0.25, -0.2) is 0 Å². The zero-order valence-electron chi connectivity index (χ0n) is 15.9. The van der Waals surface area contributed by atoms with Crippen LogP contribution in [0.4, 0.5) is 0 Å². The van der Waals surface area contributed by atoms with Crippen molar-refractivity contribution in [2.75, 3.05) is 0 Å². The third kappa shape index (κ3) is 14.0. The van der Waals surface area contributed by atoms with Crippen LogP contribution in [0.5, 0.6) is 0 Å². The molecule has 1 aromatic carbocycles. The molecule has 0 saturated carbocycles. The van der Waals surface area contributed by atoms with Crippen LogP contribution in [0.2, 0.25) is 0 Å². The largest absolute Gasteiger partial charge is 0.480 e. The van der Waals surface area contributed by atoms with Crippen molar-refractivity contribution >= 4 is 5.97 Å². The molecule has 0 amide bonds. The zero-order chi connectivity index (χ0) is 18.3. The number of carboxylic acid groups (broad SMARTS) is 1. The zero-order valence-corrected chi connectivity index (χ0v) is 15.9. The van der Waals surface area contributed by atoms with Gasteiger partial charge in [0.1, 0.15) is 6.04 Å². The van der Waals surface area contributed by atoms with Crippen LogP contribution in [0, 0.1) is 5.92 Å². The number of benzene rings is 1. The Bertz CT molecular complexity index is 383. The smallest absolute Gasteiger partial charge is 0.320 e. The maximum absolute atomic E-state index is 10.6. The van der Waals surface area contributed by atoms with E-state index in [1.165, 1.54) is 24.8 Å². The van der Waals surface area contributed by atoms with E-state index in [0.29, 0.717) is 12.3 Å². The van der Waals surface area contributed by atoms with Gasteiger partial charge in [0.25, 0.3) is 0 Å². The molecule has 0 spiro atoms. The van der Waals surface area contributed by atoms with Crippen molar-refractivity contribution in [1.82, 2.24) is 0 Å². The summed E-state index contributed by atoms with van der Waals surface area (Å²) in [4.78, 5) is 10.6. The lowest BCUT2D eigenvalue weighted by Crippen LogP contribution is -2.32. The summed E-state index contributed by atoms with van der Waals surface area (Å²) in [6, 6.07) is 7.26. The second kappa shape index (κ2) is 15.5. The summed E-state index contributed by atoms with van der Waals surface area (Å²) < 4.78 is 0. The summed E-state index contributed by atoms with van der Waals surface area (Å²) in [5, 5.41) is 8.72. The molecule has 0 fully saturated rings. The van der Waals surface area contributed by atoms with Gasteiger partial charge in [-0.15, -0.1) is 0 Å². The highest BCUT2D eigenvalue weighted by molar-refractivity contribution is 5.73. The van der Waals surface area contributed by atoms with Crippen LogP contribution >= 0.6 is 0 Å². The number of rotatable bonds is 7. The normalized spacial score (nSPS) is 11.0. The Morgan fingerprint density at radius 2 is 1.48 bits per heavy atom. The number of hydrogen-bond donors (Lipinski definition) is 2. The van der Waals surface area contributed by atoms with Crippen LogP contribution in [-0.2, 0) is 17.6 Å². The van der Waals surface area contributed by atoms with Crippen LogP contribution in [0.3, 0.4) is 0 Å². The number of hydrogen-bond acceptors (Lipinski definition) is 2. The summed E-state index contributed by atoms with van der Waals surface area (Å²) in [5.74, 6) is -0.246. The number of carbonyl (C=O) groups is 1. The summed E-state index contributed by atoms with van der Waals surface area (Å²) in [7, 11) is 0. The lowest BCUT2D eigenvalue weighted by atomic mass is 10.00. The van der Waals surface area contributed by atoms with Crippen LogP contribution in [0.1, 0.15) is 71.9 Å². The second-order valence-electron chi connectivity index (χ2n) is 5.90. The molecule has 3 nitrogen and oxygen atoms in total. The van der Waals surface area contributed by atoms with Gasteiger partial charge in [0.05, 0.1) is 0 Å². The van der Waals surface area contributed by atoms with Crippen LogP contribution in [0.15, 0.2) is 24.3 Å². The van der Waals surface area contributed by atoms with Gasteiger partial charge in [-0.1, -0.05) is 78.6 Å². The molecule has 0 bridgehead atoms. The maximum atomic E-state index is 10.6. The van der Waals surface area contributed by atoms with Gasteiger partial charge in [-0.2, -0.15) is 0 Å². The predicted octanol–water partition coefficient (Wildman–Crippen LogP) is 5.06. The molecular weight excluding hydrogens is 286 g/mol. The molecule has 0 heterocycles. The van der Waals surface area contributed by atoms with Crippen molar-refractivity contribution in [2.45, 2.75) is 79.7 Å². The minimum absolute atomic E-state index is 0.389. The molecule has 1 aromatic rings. The molecule has 0 aliphatic rings. The standard InChI is InChI=1S/C14H21NO2.C4H10.C2H6/c1-10(2)3-4-11-5-7-12(8-6-11)9-13(15)14(16)17;1-3-4-2;1-2/h5-8,10,13H,3-4,9,15H2,1-2H3,(H,16,17);3-4H2,1-2H3;1-2H3. The SMILES string of the molecule is CC.CC(C)CCc1ccc(CC(N)C(=O)O)cc1.CCCC. The lowest BCUT2D eigenvalue weighted by Gasteiger charge is -2.08. The van der Waals surface area contributed by atoms with E-state index in [1.807, 2.05) is 26.0 Å². The Balaban J connectivity index is 0. The number of nitrogens with two attached hydrogens (primary N) is 1. The van der Waals surface area contributed by atoms with E-state index in [0.717, 1.165) is 12.0 Å². The fourth-order valence-electron chi connectivity index (χ4n) is 1.64. The number of unbranched alkanes of at least 4 members (excludes halogenated alkanes) is 1. The first-order chi connectivity index (χ1) is 10.9. The monoisotopic (exact) mass is 323 g/mol. The Kier molecular flexibility index (Phi) is 16.2. The van der Waals surface area contributed by atoms with E-state index in [1.54, 1.807) is 0 Å². The quantitative estimate of drug-likeness (QED) is 0.737. The second-order valence-corrected chi connectivity index (χ2v) is 5.90. The van der Waals surface area contributed by atoms with E-state index < -0.39 is 12.0 Å². The molecule has 23 heavy (non-hydrogen) atoms. The van der Waals surface area contributed by atoms with Crippen molar-refractivity contribution < 1.29 is 9.90 Å².